The summed E-state index contributed by atoms with van der Waals surface area (Å²) in [7, 11) is 2.95. The van der Waals surface area contributed by atoms with Crippen LogP contribution in [0.15, 0.2) is 30.0 Å². The zero-order valence-electron chi connectivity index (χ0n) is 17.3. The van der Waals surface area contributed by atoms with Gasteiger partial charge in [0.05, 0.1) is 20.3 Å². The van der Waals surface area contributed by atoms with Crippen molar-refractivity contribution < 1.29 is 14.3 Å². The molecule has 1 fully saturated rings. The van der Waals surface area contributed by atoms with Gasteiger partial charge in [0.25, 0.3) is 0 Å². The number of aromatic amines is 1. The highest BCUT2D eigenvalue weighted by atomic mass is 16.6. The number of carbonyl (C=O) groups is 1. The molecule has 1 aromatic heterocycles. The molecule has 1 aromatic carbocycles. The molecule has 28 heavy (non-hydrogen) atoms. The normalized spacial score (nSPS) is 25.3. The first-order valence-electron chi connectivity index (χ1n) is 10.2. The van der Waals surface area contributed by atoms with Crippen LogP contribution >= 0.6 is 0 Å². The SMILES string of the molecule is CC[C@@]1(C=C(OC)C(=O)OC)CCCN2CCc3c([nH]c4c(C)cccc34)[C@@H]21. The highest BCUT2D eigenvalue weighted by Crippen LogP contribution is 2.53. The highest BCUT2D eigenvalue weighted by Gasteiger charge is 2.47. The standard InChI is InChI=1S/C23H30N2O3/c1-5-23(14-18(27-3)22(26)28-4)11-7-12-25-13-10-17-16-9-6-8-15(2)19(16)24-20(17)21(23)25/h6,8-9,14,21,24H,5,7,10-13H2,1-4H3/t21-,23+/m1/s1. The van der Waals surface area contributed by atoms with Gasteiger partial charge in [-0.05, 0) is 56.4 Å². The van der Waals surface area contributed by atoms with Crippen LogP contribution in [0.1, 0.15) is 49.0 Å². The summed E-state index contributed by atoms with van der Waals surface area (Å²) in [6, 6.07) is 6.76. The minimum absolute atomic E-state index is 0.165. The number of piperidine rings is 1. The van der Waals surface area contributed by atoms with E-state index in [0.717, 1.165) is 38.8 Å². The van der Waals surface area contributed by atoms with Gasteiger partial charge in [-0.25, -0.2) is 4.79 Å². The average Bonchev–Trinajstić information content (AvgIpc) is 3.11. The van der Waals surface area contributed by atoms with Gasteiger partial charge in [-0.2, -0.15) is 0 Å². The van der Waals surface area contributed by atoms with Crippen molar-refractivity contribution in [3.8, 4) is 0 Å². The zero-order chi connectivity index (χ0) is 19.9. The fourth-order valence-corrected chi connectivity index (χ4v) is 5.34. The van der Waals surface area contributed by atoms with Crippen LogP contribution in [-0.2, 0) is 20.7 Å². The fourth-order valence-electron chi connectivity index (χ4n) is 5.34. The molecule has 150 valence electrons. The van der Waals surface area contributed by atoms with Gasteiger partial charge in [-0.15, -0.1) is 0 Å². The molecule has 0 aliphatic carbocycles. The Bertz CT molecular complexity index is 929. The second kappa shape index (κ2) is 7.28. The summed E-state index contributed by atoms with van der Waals surface area (Å²) in [4.78, 5) is 18.6. The van der Waals surface area contributed by atoms with Gasteiger partial charge in [-0.3, -0.25) is 4.90 Å². The molecular weight excluding hydrogens is 352 g/mol. The summed E-state index contributed by atoms with van der Waals surface area (Å²) in [5.41, 5.74) is 5.11. The smallest absolute Gasteiger partial charge is 0.372 e. The molecule has 0 spiro atoms. The first-order valence-corrected chi connectivity index (χ1v) is 10.2. The van der Waals surface area contributed by atoms with Gasteiger partial charge in [0, 0.05) is 28.6 Å². The number of carbonyl (C=O) groups excluding carboxylic acids is 1. The van der Waals surface area contributed by atoms with Crippen molar-refractivity contribution in [3.05, 3.63) is 46.9 Å². The third-order valence-electron chi connectivity index (χ3n) is 6.79. The number of aromatic nitrogens is 1. The Labute approximate surface area is 166 Å². The van der Waals surface area contributed by atoms with Crippen LogP contribution in [0.5, 0.6) is 0 Å². The Balaban J connectivity index is 1.90. The van der Waals surface area contributed by atoms with Crippen molar-refractivity contribution >= 4 is 16.9 Å². The van der Waals surface area contributed by atoms with Crippen LogP contribution in [0.25, 0.3) is 10.9 Å². The summed E-state index contributed by atoms with van der Waals surface area (Å²) in [6.07, 6.45) is 6.19. The van der Waals surface area contributed by atoms with Gasteiger partial charge >= 0.3 is 5.97 Å². The number of methoxy groups -OCH3 is 2. The molecule has 2 aromatic rings. The van der Waals surface area contributed by atoms with E-state index in [1.807, 2.05) is 6.08 Å². The van der Waals surface area contributed by atoms with Crippen molar-refractivity contribution in [2.24, 2.45) is 5.41 Å². The number of esters is 1. The Morgan fingerprint density at radius 1 is 1.32 bits per heavy atom. The summed E-state index contributed by atoms with van der Waals surface area (Å²) < 4.78 is 10.4. The van der Waals surface area contributed by atoms with E-state index in [-0.39, 0.29) is 11.5 Å². The van der Waals surface area contributed by atoms with Crippen molar-refractivity contribution in [1.29, 1.82) is 0 Å². The molecule has 0 amide bonds. The Hall–Kier alpha value is -2.27. The molecule has 1 N–H and O–H groups in total. The molecule has 5 heteroatoms. The molecule has 0 radical (unpaired) electrons. The summed E-state index contributed by atoms with van der Waals surface area (Å²) >= 11 is 0. The number of hydrogen-bond acceptors (Lipinski definition) is 4. The number of nitrogens with zero attached hydrogens (tertiary/aromatic N) is 1. The number of ether oxygens (including phenoxy) is 2. The van der Waals surface area contributed by atoms with Gasteiger partial charge in [0.15, 0.2) is 0 Å². The first-order chi connectivity index (χ1) is 13.5. The van der Waals surface area contributed by atoms with Gasteiger partial charge in [0.2, 0.25) is 5.76 Å². The third-order valence-corrected chi connectivity index (χ3v) is 6.79. The van der Waals surface area contributed by atoms with E-state index < -0.39 is 5.97 Å². The number of aryl methyl sites for hydroxylation is 1. The molecule has 2 aliphatic rings. The molecule has 2 atom stereocenters. The fraction of sp³-hybridized carbons (Fsp3) is 0.522. The number of fused-ring (bicyclic) bond motifs is 5. The lowest BCUT2D eigenvalue weighted by Crippen LogP contribution is -2.48. The molecule has 0 unspecified atom stereocenters. The number of hydrogen-bond donors (Lipinski definition) is 1. The molecule has 2 aliphatic heterocycles. The highest BCUT2D eigenvalue weighted by molar-refractivity contribution is 5.88. The minimum atomic E-state index is -0.407. The molecule has 1 saturated heterocycles. The first kappa shape index (κ1) is 19.1. The maximum absolute atomic E-state index is 12.2. The lowest BCUT2D eigenvalue weighted by Gasteiger charge is -2.50. The van der Waals surface area contributed by atoms with Crippen LogP contribution in [0.2, 0.25) is 0 Å². The van der Waals surface area contributed by atoms with Crippen molar-refractivity contribution in [1.82, 2.24) is 9.88 Å². The van der Waals surface area contributed by atoms with Gasteiger partial charge in [-0.1, -0.05) is 25.1 Å². The second-order valence-corrected chi connectivity index (χ2v) is 8.10. The topological polar surface area (TPSA) is 54.6 Å². The van der Waals surface area contributed by atoms with Crippen LogP contribution in [0, 0.1) is 12.3 Å². The van der Waals surface area contributed by atoms with Gasteiger partial charge in [0.1, 0.15) is 0 Å². The quantitative estimate of drug-likeness (QED) is 0.487. The molecule has 4 rings (SSSR count). The van der Waals surface area contributed by atoms with Crippen LogP contribution in [0.3, 0.4) is 0 Å². The minimum Gasteiger partial charge on any atom is -0.490 e. The van der Waals surface area contributed by atoms with E-state index >= 15 is 0 Å². The number of para-hydroxylation sites is 1. The van der Waals surface area contributed by atoms with E-state index in [0.29, 0.717) is 5.76 Å². The second-order valence-electron chi connectivity index (χ2n) is 8.10. The van der Waals surface area contributed by atoms with Crippen LogP contribution < -0.4 is 0 Å². The lowest BCUT2D eigenvalue weighted by atomic mass is 9.67. The van der Waals surface area contributed by atoms with Crippen molar-refractivity contribution in [3.63, 3.8) is 0 Å². The van der Waals surface area contributed by atoms with E-state index in [9.17, 15) is 4.79 Å². The number of rotatable bonds is 4. The summed E-state index contributed by atoms with van der Waals surface area (Å²) in [5.74, 6) is -0.0958. The number of H-pyrrole nitrogens is 1. The lowest BCUT2D eigenvalue weighted by molar-refractivity contribution is -0.139. The van der Waals surface area contributed by atoms with E-state index in [1.165, 1.54) is 34.8 Å². The zero-order valence-corrected chi connectivity index (χ0v) is 17.3. The van der Waals surface area contributed by atoms with Gasteiger partial charge < -0.3 is 14.5 Å². The monoisotopic (exact) mass is 382 g/mol. The predicted octanol–water partition coefficient (Wildman–Crippen LogP) is 4.27. The Kier molecular flexibility index (Phi) is 4.96. The van der Waals surface area contributed by atoms with E-state index in [4.69, 9.17) is 9.47 Å². The Morgan fingerprint density at radius 3 is 2.86 bits per heavy atom. The maximum Gasteiger partial charge on any atom is 0.372 e. The van der Waals surface area contributed by atoms with Crippen molar-refractivity contribution in [2.75, 3.05) is 27.3 Å². The molecule has 0 saturated carbocycles. The number of benzene rings is 1. The average molecular weight is 383 g/mol. The van der Waals surface area contributed by atoms with E-state index in [2.05, 4.69) is 41.9 Å². The summed E-state index contributed by atoms with van der Waals surface area (Å²) in [6.45, 7) is 6.52. The largest absolute Gasteiger partial charge is 0.490 e. The maximum atomic E-state index is 12.2. The third kappa shape index (κ3) is 2.84. The summed E-state index contributed by atoms with van der Waals surface area (Å²) in [5, 5.41) is 1.34. The molecule has 5 nitrogen and oxygen atoms in total. The Morgan fingerprint density at radius 2 is 2.14 bits per heavy atom. The van der Waals surface area contributed by atoms with Crippen LogP contribution in [-0.4, -0.2) is 43.2 Å². The predicted molar refractivity (Wildman–Crippen MR) is 110 cm³/mol. The van der Waals surface area contributed by atoms with Crippen LogP contribution in [0.4, 0.5) is 0 Å². The number of nitrogens with one attached hydrogen (secondary N) is 1. The van der Waals surface area contributed by atoms with Crippen molar-refractivity contribution in [2.45, 2.75) is 45.6 Å². The molecular formula is C23H30N2O3. The van der Waals surface area contributed by atoms with E-state index in [1.54, 1.807) is 7.11 Å². The molecule has 0 bridgehead atoms. The molecule has 3 heterocycles.